The first-order valence-corrected chi connectivity index (χ1v) is 19.2. The maximum Gasteiger partial charge on any atom is 0.162 e. The number of rotatable bonds is 10. The van der Waals surface area contributed by atoms with Crippen LogP contribution in [0.5, 0.6) is 0 Å². The van der Waals surface area contributed by atoms with Gasteiger partial charge in [-0.15, -0.1) is 29.1 Å². The van der Waals surface area contributed by atoms with Gasteiger partial charge in [-0.05, 0) is 48.3 Å². The Morgan fingerprint density at radius 2 is 1.31 bits per heavy atom. The van der Waals surface area contributed by atoms with Crippen molar-refractivity contribution in [1.29, 1.82) is 0 Å². The molecule has 0 saturated carbocycles. The number of anilines is 2. The van der Waals surface area contributed by atoms with Gasteiger partial charge in [0.05, 0.1) is 17.1 Å². The number of nitrogens with zero attached hydrogens (tertiary/aromatic N) is 3. The maximum atomic E-state index is 11.7. The number of hydrogen-bond donors (Lipinski definition) is 1. The van der Waals surface area contributed by atoms with Crippen LogP contribution in [0.15, 0.2) is 121 Å². The molecule has 0 spiro atoms. The molecule has 0 unspecified atom stereocenters. The minimum absolute atomic E-state index is 0. The fourth-order valence-corrected chi connectivity index (χ4v) is 7.41. The summed E-state index contributed by atoms with van der Waals surface area (Å²) in [5.41, 5.74) is 9.05. The average Bonchev–Trinajstić information content (AvgIpc) is 3.41. The summed E-state index contributed by atoms with van der Waals surface area (Å²) in [6, 6.07) is 37.9. The second kappa shape index (κ2) is 18.7. The topological polar surface area (TPSA) is 56.7 Å². The van der Waals surface area contributed by atoms with Gasteiger partial charge in [0.15, 0.2) is 5.78 Å². The summed E-state index contributed by atoms with van der Waals surface area (Å²) < 4.78 is 0. The monoisotopic (exact) mass is 899 g/mol. The zero-order chi connectivity index (χ0) is 38.3. The predicted molar refractivity (Wildman–Crippen MR) is 224 cm³/mol. The molecule has 54 heavy (non-hydrogen) atoms. The van der Waals surface area contributed by atoms with Crippen molar-refractivity contribution >= 4 is 33.5 Å². The standard InChI is InChI=1S/C35H32N3.C13H24O2.Ir/c1-35(2,3)29-23-27(22-26-18-12-13-19-28(26)29)32-33-30(20-21-36-32)37(4)34(38(33)5)31(24-14-8-6-9-15-24)25-16-10-7-11-17-25;1-5-10(6-2)12(14)9-13(15)11(7-3)8-4;/h6-21,23H,1-5H3;9-11,14H,5-8H2,1-4H3;/q-1;;/b;12-9-;. The molecule has 0 saturated heterocycles. The Morgan fingerprint density at radius 3 is 1.85 bits per heavy atom. The second-order valence-electron chi connectivity index (χ2n) is 15.0. The maximum absolute atomic E-state index is 11.7. The van der Waals surface area contributed by atoms with E-state index in [2.05, 4.69) is 148 Å². The van der Waals surface area contributed by atoms with Crippen LogP contribution in [-0.4, -0.2) is 30.0 Å². The van der Waals surface area contributed by atoms with E-state index < -0.39 is 0 Å². The fraction of sp³-hybridized carbons (Fsp3) is 0.333. The molecule has 285 valence electrons. The van der Waals surface area contributed by atoms with E-state index in [-0.39, 0.29) is 48.9 Å². The van der Waals surface area contributed by atoms with Crippen molar-refractivity contribution in [1.82, 2.24) is 4.98 Å². The van der Waals surface area contributed by atoms with Gasteiger partial charge in [-0.1, -0.05) is 138 Å². The van der Waals surface area contributed by atoms with Crippen LogP contribution in [0, 0.1) is 17.9 Å². The summed E-state index contributed by atoms with van der Waals surface area (Å²) in [5, 5.41) is 12.1. The molecular formula is C48H56IrN3O2-. The molecule has 2 heterocycles. The molecule has 5 nitrogen and oxygen atoms in total. The van der Waals surface area contributed by atoms with Crippen LogP contribution >= 0.6 is 0 Å². The predicted octanol–water partition coefficient (Wildman–Crippen LogP) is 12.2. The van der Waals surface area contributed by atoms with Gasteiger partial charge in [0.2, 0.25) is 0 Å². The van der Waals surface area contributed by atoms with Gasteiger partial charge in [0.1, 0.15) is 5.82 Å². The molecule has 5 aromatic rings. The Bertz CT molecular complexity index is 2030. The van der Waals surface area contributed by atoms with E-state index in [9.17, 15) is 9.90 Å². The minimum Gasteiger partial charge on any atom is -0.512 e. The van der Waals surface area contributed by atoms with Crippen molar-refractivity contribution in [2.24, 2.45) is 11.8 Å². The third-order valence-corrected chi connectivity index (χ3v) is 10.5. The largest absolute Gasteiger partial charge is 0.512 e. The van der Waals surface area contributed by atoms with Crippen molar-refractivity contribution in [3.8, 4) is 11.3 Å². The molecule has 1 aliphatic heterocycles. The molecule has 6 heteroatoms. The van der Waals surface area contributed by atoms with Gasteiger partial charge in [0, 0.05) is 69.6 Å². The summed E-state index contributed by atoms with van der Waals surface area (Å²) >= 11 is 0. The van der Waals surface area contributed by atoms with Gasteiger partial charge in [0.25, 0.3) is 0 Å². The van der Waals surface area contributed by atoms with E-state index in [1.165, 1.54) is 33.7 Å². The van der Waals surface area contributed by atoms with Crippen molar-refractivity contribution in [3.05, 3.63) is 144 Å². The van der Waals surface area contributed by atoms with Crippen LogP contribution in [-0.2, 0) is 30.3 Å². The van der Waals surface area contributed by atoms with Crippen molar-refractivity contribution in [2.45, 2.75) is 79.6 Å². The van der Waals surface area contributed by atoms with Crippen LogP contribution in [0.2, 0.25) is 0 Å². The van der Waals surface area contributed by atoms with Gasteiger partial charge in [-0.2, -0.15) is 0 Å². The van der Waals surface area contributed by atoms with E-state index in [1.807, 2.05) is 33.9 Å². The number of hydrogen-bond acceptors (Lipinski definition) is 5. The summed E-state index contributed by atoms with van der Waals surface area (Å²) in [7, 11) is 4.30. The number of carbonyl (C=O) groups is 1. The molecular weight excluding hydrogens is 843 g/mol. The molecule has 0 fully saturated rings. The second-order valence-corrected chi connectivity index (χ2v) is 15.0. The molecule has 4 aromatic carbocycles. The summed E-state index contributed by atoms with van der Waals surface area (Å²) in [4.78, 5) is 21.3. The first kappa shape index (κ1) is 42.2. The van der Waals surface area contributed by atoms with E-state index >= 15 is 0 Å². The SMILES string of the molecule is CCC(CC)C(=O)/C=C(\O)C(CC)CC.CN1C(=C(c2ccccc2)c2ccccc2)N(C)c2c1ccnc2-c1[c-]c2ccccc2c(C(C)(C)C)c1.[Ir]. The number of aliphatic hydroxyl groups excluding tert-OH is 1. The number of benzene rings is 4. The quantitative estimate of drug-likeness (QED) is 0.0860. The number of aromatic nitrogens is 1. The fourth-order valence-electron chi connectivity index (χ4n) is 7.41. The van der Waals surface area contributed by atoms with Crippen LogP contribution < -0.4 is 9.80 Å². The number of pyridine rings is 1. The first-order chi connectivity index (χ1) is 25.4. The zero-order valence-electron chi connectivity index (χ0n) is 33.4. The number of aliphatic hydroxyl groups is 1. The van der Waals surface area contributed by atoms with Crippen LogP contribution in [0.4, 0.5) is 11.4 Å². The number of fused-ring (bicyclic) bond motifs is 2. The third-order valence-electron chi connectivity index (χ3n) is 10.5. The Hall–Kier alpha value is -4.51. The number of carbonyl (C=O) groups excluding carboxylic acids is 1. The van der Waals surface area contributed by atoms with Crippen LogP contribution in [0.1, 0.15) is 90.8 Å². The molecule has 1 aliphatic rings. The summed E-state index contributed by atoms with van der Waals surface area (Å²) in [5.74, 6) is 1.68. The van der Waals surface area contributed by atoms with E-state index in [0.717, 1.165) is 59.5 Å². The van der Waals surface area contributed by atoms with E-state index in [0.29, 0.717) is 0 Å². The molecule has 0 aliphatic carbocycles. The normalized spacial score (nSPS) is 12.8. The third kappa shape index (κ3) is 9.05. The van der Waals surface area contributed by atoms with E-state index in [4.69, 9.17) is 4.98 Å². The molecule has 1 aromatic heterocycles. The van der Waals surface area contributed by atoms with Crippen molar-refractivity contribution in [3.63, 3.8) is 0 Å². The Morgan fingerprint density at radius 1 is 0.778 bits per heavy atom. The smallest absolute Gasteiger partial charge is 0.162 e. The van der Waals surface area contributed by atoms with E-state index in [1.54, 1.807) is 0 Å². The van der Waals surface area contributed by atoms with Crippen molar-refractivity contribution in [2.75, 3.05) is 23.9 Å². The molecule has 0 amide bonds. The number of ketones is 1. The van der Waals surface area contributed by atoms with Gasteiger partial charge < -0.3 is 14.9 Å². The van der Waals surface area contributed by atoms with Gasteiger partial charge >= 0.3 is 0 Å². The molecule has 0 atom stereocenters. The molecule has 6 rings (SSSR count). The Kier molecular flexibility index (Phi) is 14.6. The zero-order valence-corrected chi connectivity index (χ0v) is 35.8. The molecule has 0 bridgehead atoms. The average molecular weight is 899 g/mol. The van der Waals surface area contributed by atoms with Gasteiger partial charge in [-0.25, -0.2) is 0 Å². The molecule has 1 radical (unpaired) electrons. The Labute approximate surface area is 337 Å². The van der Waals surface area contributed by atoms with Crippen LogP contribution in [0.25, 0.3) is 27.6 Å². The summed E-state index contributed by atoms with van der Waals surface area (Å²) in [6.45, 7) is 14.9. The molecule has 1 N–H and O–H groups in total. The van der Waals surface area contributed by atoms with Crippen molar-refractivity contribution < 1.29 is 30.0 Å². The first-order valence-electron chi connectivity index (χ1n) is 19.2. The number of allylic oxidation sites excluding steroid dienone is 2. The Balaban J connectivity index is 0.000000347. The van der Waals surface area contributed by atoms with Crippen LogP contribution in [0.3, 0.4) is 0 Å². The summed E-state index contributed by atoms with van der Waals surface area (Å²) in [6.07, 6.45) is 6.83. The minimum atomic E-state index is -0.0110. The van der Waals surface area contributed by atoms with Gasteiger partial charge in [-0.3, -0.25) is 9.78 Å².